The molecule has 2 amide bonds. The van der Waals surface area contributed by atoms with Crippen LogP contribution in [0.25, 0.3) is 6.08 Å². The second kappa shape index (κ2) is 19.0. The van der Waals surface area contributed by atoms with Gasteiger partial charge in [0.1, 0.15) is 17.3 Å². The van der Waals surface area contributed by atoms with Crippen molar-refractivity contribution in [2.75, 3.05) is 13.1 Å². The molecular weight excluding hydrogens is 536 g/mol. The van der Waals surface area contributed by atoms with Crippen LogP contribution in [0.3, 0.4) is 0 Å². The minimum atomic E-state index is -3.06. The summed E-state index contributed by atoms with van der Waals surface area (Å²) in [6.45, 7) is 16.0. The molecule has 0 unspecified atom stereocenters. The van der Waals surface area contributed by atoms with E-state index in [2.05, 4.69) is 36.8 Å². The molecule has 0 aliphatic heterocycles. The molecule has 0 aromatic heterocycles. The van der Waals surface area contributed by atoms with E-state index in [1.165, 1.54) is 0 Å². The minimum Gasteiger partial charge on any atom is -0.402 e. The van der Waals surface area contributed by atoms with Crippen LogP contribution in [-0.2, 0) is 10.7 Å². The maximum Gasteiger partial charge on any atom is 0.270 e. The van der Waals surface area contributed by atoms with E-state index in [-0.39, 0.29) is 16.7 Å². The van der Waals surface area contributed by atoms with Gasteiger partial charge in [0.05, 0.1) is 0 Å². The second-order valence-corrected chi connectivity index (χ2v) is 8.60. The molecule has 2 aromatic rings. The van der Waals surface area contributed by atoms with Gasteiger partial charge in [-0.25, -0.2) is 17.6 Å². The number of amides is 2. The molecule has 0 aliphatic rings. The minimum absolute atomic E-state index is 0.00410. The van der Waals surface area contributed by atoms with E-state index in [0.29, 0.717) is 13.0 Å². The first-order valence-electron chi connectivity index (χ1n) is 13.0. The normalized spacial score (nSPS) is 11.1. The molecule has 0 radical (unpaired) electrons. The fraction of sp³-hybridized carbons (Fsp3) is 0.290. The number of hydrogen-bond acceptors (Lipinski definition) is 4. The largest absolute Gasteiger partial charge is 0.402 e. The first-order valence-corrected chi connectivity index (χ1v) is 13.0. The summed E-state index contributed by atoms with van der Waals surface area (Å²) in [6.07, 6.45) is 7.03. The maximum atomic E-state index is 13.2. The standard InChI is InChI=1S/C18H14F4N2O2.C11H20N2.C2H6/c1-18(21,22)12-4-2-11(3-5-12)17(26)24-15(16(23)25)8-10-6-13(19)9-14(20)7-10;1-4-5-6-10(2)9-13-8-7-11(3)12;1-2/h2-9H,1H3,(H2,23,25)(H,24,26);5-6,13H,2-4,7-9,12H2,1H3;1-2H3/b15-8+;6-5-;. The van der Waals surface area contributed by atoms with E-state index >= 15 is 0 Å². The summed E-state index contributed by atoms with van der Waals surface area (Å²) < 4.78 is 52.8. The number of nitrogens with two attached hydrogens (primary N) is 2. The highest BCUT2D eigenvalue weighted by atomic mass is 19.3. The van der Waals surface area contributed by atoms with Crippen LogP contribution in [-0.4, -0.2) is 24.9 Å². The van der Waals surface area contributed by atoms with Gasteiger partial charge in [-0.2, -0.15) is 0 Å². The number of hydrogen-bond donors (Lipinski definition) is 4. The molecule has 0 bridgehead atoms. The van der Waals surface area contributed by atoms with E-state index in [0.717, 1.165) is 79.7 Å². The molecule has 2 rings (SSSR count). The maximum absolute atomic E-state index is 13.2. The molecule has 2 aromatic carbocycles. The third kappa shape index (κ3) is 15.9. The smallest absolute Gasteiger partial charge is 0.270 e. The van der Waals surface area contributed by atoms with Crippen molar-refractivity contribution in [3.63, 3.8) is 0 Å². The van der Waals surface area contributed by atoms with Gasteiger partial charge < -0.3 is 22.1 Å². The van der Waals surface area contributed by atoms with E-state index < -0.39 is 35.1 Å². The Morgan fingerprint density at radius 3 is 2.02 bits per heavy atom. The zero-order chi connectivity index (χ0) is 31.6. The van der Waals surface area contributed by atoms with Crippen molar-refractivity contribution in [3.05, 3.63) is 113 Å². The van der Waals surface area contributed by atoms with Crippen LogP contribution in [0.4, 0.5) is 17.6 Å². The summed E-state index contributed by atoms with van der Waals surface area (Å²) in [7, 11) is 0. The van der Waals surface area contributed by atoms with Crippen LogP contribution in [0.2, 0.25) is 0 Å². The summed E-state index contributed by atoms with van der Waals surface area (Å²) in [5.74, 6) is -6.64. The number of carbonyl (C=O) groups excluding carboxylic acids is 2. The van der Waals surface area contributed by atoms with Crippen molar-refractivity contribution >= 4 is 17.9 Å². The zero-order valence-corrected chi connectivity index (χ0v) is 24.0. The topological polar surface area (TPSA) is 110 Å². The number of primary amides is 1. The fourth-order valence-corrected chi connectivity index (χ4v) is 2.94. The molecule has 0 fully saturated rings. The number of halogens is 4. The van der Waals surface area contributed by atoms with Crippen molar-refractivity contribution in [2.45, 2.75) is 46.5 Å². The molecule has 6 N–H and O–H groups in total. The summed E-state index contributed by atoms with van der Waals surface area (Å²) >= 11 is 0. The molecule has 0 saturated carbocycles. The molecule has 6 nitrogen and oxygen atoms in total. The average molecular weight is 577 g/mol. The number of alkyl halides is 2. The van der Waals surface area contributed by atoms with E-state index in [1.54, 1.807) is 0 Å². The summed E-state index contributed by atoms with van der Waals surface area (Å²) in [5.41, 5.74) is 11.7. The third-order valence-corrected chi connectivity index (χ3v) is 4.93. The Kier molecular flexibility index (Phi) is 17.1. The van der Waals surface area contributed by atoms with E-state index in [4.69, 9.17) is 11.5 Å². The summed E-state index contributed by atoms with van der Waals surface area (Å²) in [6, 6.07) is 6.98. The lowest BCUT2D eigenvalue weighted by Crippen LogP contribution is -2.31. The number of allylic oxidation sites excluding steroid dienone is 1. The number of nitrogens with one attached hydrogen (secondary N) is 2. The zero-order valence-electron chi connectivity index (χ0n) is 24.0. The fourth-order valence-electron chi connectivity index (χ4n) is 2.94. The lowest BCUT2D eigenvalue weighted by Gasteiger charge is -2.11. The van der Waals surface area contributed by atoms with E-state index in [9.17, 15) is 27.2 Å². The van der Waals surface area contributed by atoms with Crippen LogP contribution in [0, 0.1) is 11.6 Å². The molecule has 0 spiro atoms. The monoisotopic (exact) mass is 576 g/mol. The Morgan fingerprint density at radius 1 is 1.00 bits per heavy atom. The number of carbonyl (C=O) groups is 2. The van der Waals surface area contributed by atoms with Crippen molar-refractivity contribution in [1.29, 1.82) is 0 Å². The van der Waals surface area contributed by atoms with Gasteiger partial charge in [-0.15, -0.1) is 0 Å². The highest BCUT2D eigenvalue weighted by Crippen LogP contribution is 2.26. The Balaban J connectivity index is 0.000000902. The molecule has 41 heavy (non-hydrogen) atoms. The Bertz CT molecular complexity index is 1200. The van der Waals surface area contributed by atoms with E-state index in [1.807, 2.05) is 19.9 Å². The van der Waals surface area contributed by atoms with Gasteiger partial charge in [0.25, 0.3) is 17.7 Å². The molecule has 0 aliphatic carbocycles. The molecule has 10 heteroatoms. The van der Waals surface area contributed by atoms with Gasteiger partial charge in [-0.3, -0.25) is 9.59 Å². The van der Waals surface area contributed by atoms with Crippen molar-refractivity contribution in [3.8, 4) is 0 Å². The van der Waals surface area contributed by atoms with Crippen LogP contribution >= 0.6 is 0 Å². The number of benzene rings is 2. The van der Waals surface area contributed by atoms with Crippen molar-refractivity contribution in [2.24, 2.45) is 11.5 Å². The quantitative estimate of drug-likeness (QED) is 0.103. The lowest BCUT2D eigenvalue weighted by atomic mass is 10.1. The Morgan fingerprint density at radius 2 is 1.56 bits per heavy atom. The van der Waals surface area contributed by atoms with Gasteiger partial charge in [-0.05, 0) is 54.3 Å². The van der Waals surface area contributed by atoms with Crippen molar-refractivity contribution in [1.82, 2.24) is 10.6 Å². The molecule has 0 atom stereocenters. The van der Waals surface area contributed by atoms with Crippen LogP contribution in [0.5, 0.6) is 0 Å². The molecular formula is C31H40F4N4O2. The Labute approximate surface area is 239 Å². The second-order valence-electron chi connectivity index (χ2n) is 8.60. The Hall–Kier alpha value is -4.18. The molecule has 224 valence electrons. The highest BCUT2D eigenvalue weighted by molar-refractivity contribution is 6.04. The van der Waals surface area contributed by atoms with Crippen LogP contribution in [0.1, 0.15) is 62.0 Å². The average Bonchev–Trinajstić information content (AvgIpc) is 2.90. The van der Waals surface area contributed by atoms with Crippen molar-refractivity contribution < 1.29 is 27.2 Å². The van der Waals surface area contributed by atoms with Gasteiger partial charge in [0.15, 0.2) is 0 Å². The van der Waals surface area contributed by atoms with Crippen LogP contribution < -0.4 is 22.1 Å². The number of rotatable bonds is 12. The first-order chi connectivity index (χ1) is 19.2. The summed E-state index contributed by atoms with van der Waals surface area (Å²) in [5, 5.41) is 5.43. The van der Waals surface area contributed by atoms with Crippen LogP contribution in [0.15, 0.2) is 84.7 Å². The predicted molar refractivity (Wildman–Crippen MR) is 158 cm³/mol. The van der Waals surface area contributed by atoms with Gasteiger partial charge in [0, 0.05) is 42.9 Å². The van der Waals surface area contributed by atoms with Gasteiger partial charge in [-0.1, -0.05) is 58.2 Å². The molecule has 0 heterocycles. The first kappa shape index (κ1) is 36.8. The van der Waals surface area contributed by atoms with Gasteiger partial charge in [0.2, 0.25) is 0 Å². The highest BCUT2D eigenvalue weighted by Gasteiger charge is 2.24. The summed E-state index contributed by atoms with van der Waals surface area (Å²) in [4.78, 5) is 23.6. The SMILES string of the molecule is C=C(N)CCNCC(=C)/C=C\CC.CC.CC(F)(F)c1ccc(C(=O)N/C(=C/c2cc(F)cc(F)c2)C(N)=O)cc1. The van der Waals surface area contributed by atoms with Gasteiger partial charge >= 0.3 is 0 Å². The third-order valence-electron chi connectivity index (χ3n) is 4.93. The predicted octanol–water partition coefficient (Wildman–Crippen LogP) is 6.32. The molecule has 0 saturated heterocycles. The lowest BCUT2D eigenvalue weighted by molar-refractivity contribution is -0.114.